The number of esters is 1. The fraction of sp³-hybridized carbons (Fsp3) is 0.462. The Morgan fingerprint density at radius 1 is 1.40 bits per heavy atom. The lowest BCUT2D eigenvalue weighted by atomic mass is 10.2. The highest BCUT2D eigenvalue weighted by atomic mass is 16.5. The Hall–Kier alpha value is -1.31. The van der Waals surface area contributed by atoms with Crippen molar-refractivity contribution in [2.24, 2.45) is 0 Å². The summed E-state index contributed by atoms with van der Waals surface area (Å²) in [7, 11) is 0. The van der Waals surface area contributed by atoms with E-state index >= 15 is 0 Å². The fourth-order valence-corrected chi connectivity index (χ4v) is 0.680. The number of hydrogen-bond acceptors (Lipinski definition) is 2. The topological polar surface area (TPSA) is 26.3 Å². The molecule has 15 heavy (non-hydrogen) atoms. The molecule has 0 aliphatic rings. The lowest BCUT2D eigenvalue weighted by Crippen LogP contribution is -2.14. The minimum atomic E-state index is -0.343. The molecule has 0 aromatic carbocycles. The van der Waals surface area contributed by atoms with E-state index in [1.54, 1.807) is 6.08 Å². The van der Waals surface area contributed by atoms with E-state index in [0.717, 1.165) is 6.42 Å². The molecule has 0 aliphatic carbocycles. The molecule has 0 aromatic heterocycles. The number of rotatable bonds is 5. The molecule has 0 amide bonds. The van der Waals surface area contributed by atoms with E-state index in [1.165, 1.54) is 12.2 Å². The van der Waals surface area contributed by atoms with Crippen molar-refractivity contribution in [3.8, 4) is 0 Å². The van der Waals surface area contributed by atoms with Crippen molar-refractivity contribution >= 4 is 5.97 Å². The van der Waals surface area contributed by atoms with Crippen LogP contribution in [-0.2, 0) is 9.53 Å². The van der Waals surface area contributed by atoms with Gasteiger partial charge in [-0.15, -0.1) is 0 Å². The maximum absolute atomic E-state index is 11.3. The lowest BCUT2D eigenvalue weighted by molar-refractivity contribution is -0.143. The number of carbonyl (C=O) groups is 1. The van der Waals surface area contributed by atoms with Crippen molar-refractivity contribution in [2.45, 2.75) is 40.2 Å². The highest BCUT2D eigenvalue weighted by Gasteiger charge is 2.09. The lowest BCUT2D eigenvalue weighted by Gasteiger charge is -2.10. The minimum Gasteiger partial charge on any atom is -0.459 e. The second-order valence-electron chi connectivity index (χ2n) is 2.69. The number of hydrogen-bond donors (Lipinski definition) is 0. The molecular formula is C13H22O2. The Morgan fingerprint density at radius 3 is 2.27 bits per heavy atom. The van der Waals surface area contributed by atoms with E-state index in [-0.39, 0.29) is 12.1 Å². The van der Waals surface area contributed by atoms with E-state index in [9.17, 15) is 4.79 Å². The zero-order valence-corrected chi connectivity index (χ0v) is 10.2. The molecule has 86 valence electrons. The van der Waals surface area contributed by atoms with Crippen LogP contribution in [0.3, 0.4) is 0 Å². The predicted molar refractivity (Wildman–Crippen MR) is 65.7 cm³/mol. The summed E-state index contributed by atoms with van der Waals surface area (Å²) < 4.78 is 5.08. The van der Waals surface area contributed by atoms with E-state index in [1.807, 2.05) is 27.7 Å². The van der Waals surface area contributed by atoms with Gasteiger partial charge < -0.3 is 4.74 Å². The van der Waals surface area contributed by atoms with Gasteiger partial charge in [-0.05, 0) is 19.4 Å². The highest BCUT2D eigenvalue weighted by molar-refractivity contribution is 5.91. The molecule has 1 unspecified atom stereocenters. The van der Waals surface area contributed by atoms with Crippen LogP contribution in [0.15, 0.2) is 37.0 Å². The largest absolute Gasteiger partial charge is 0.459 e. The van der Waals surface area contributed by atoms with Gasteiger partial charge in [0.1, 0.15) is 0 Å². The molecule has 2 heteroatoms. The maximum Gasteiger partial charge on any atom is 0.338 e. The van der Waals surface area contributed by atoms with Gasteiger partial charge in [0.15, 0.2) is 0 Å². The van der Waals surface area contributed by atoms with Crippen molar-refractivity contribution in [1.29, 1.82) is 0 Å². The molecule has 0 rings (SSSR count). The molecule has 0 saturated carbocycles. The summed E-state index contributed by atoms with van der Waals surface area (Å²) in [4.78, 5) is 11.3. The quantitative estimate of drug-likeness (QED) is 0.393. The van der Waals surface area contributed by atoms with Crippen molar-refractivity contribution in [3.63, 3.8) is 0 Å². The van der Waals surface area contributed by atoms with Crippen LogP contribution < -0.4 is 0 Å². The van der Waals surface area contributed by atoms with E-state index < -0.39 is 0 Å². The highest BCUT2D eigenvalue weighted by Crippen LogP contribution is 2.04. The van der Waals surface area contributed by atoms with Gasteiger partial charge in [-0.25, -0.2) is 4.79 Å². The Balaban J connectivity index is 0. The average molecular weight is 210 g/mol. The van der Waals surface area contributed by atoms with Crippen LogP contribution in [0.5, 0.6) is 0 Å². The van der Waals surface area contributed by atoms with Gasteiger partial charge >= 0.3 is 5.97 Å². The van der Waals surface area contributed by atoms with Gasteiger partial charge in [-0.1, -0.05) is 46.1 Å². The zero-order valence-electron chi connectivity index (χ0n) is 10.2. The van der Waals surface area contributed by atoms with Crippen LogP contribution in [0.4, 0.5) is 0 Å². The standard InChI is InChI=1S/C11H16O2.C2H6/c1-5-8-10(7-3)11(12)13-9(4)6-2;1-2/h5,7-9H,1,3,6H2,2,4H3;1-2H3/b10-8+;. The minimum absolute atomic E-state index is 0.0549. The molecule has 0 fully saturated rings. The summed E-state index contributed by atoms with van der Waals surface area (Å²) in [5, 5.41) is 0. The number of allylic oxidation sites excluding steroid dienone is 2. The summed E-state index contributed by atoms with van der Waals surface area (Å²) in [6.07, 6.45) is 5.34. The SMILES string of the molecule is C=C/C=C(\C=C)C(=O)OC(C)CC.CC. The van der Waals surface area contributed by atoms with Crippen LogP contribution in [0.25, 0.3) is 0 Å². The molecule has 0 spiro atoms. The Kier molecular flexibility index (Phi) is 11.6. The molecule has 0 aliphatic heterocycles. The van der Waals surface area contributed by atoms with Crippen LogP contribution in [0.2, 0.25) is 0 Å². The Bertz CT molecular complexity index is 227. The van der Waals surface area contributed by atoms with Crippen LogP contribution >= 0.6 is 0 Å². The van der Waals surface area contributed by atoms with E-state index in [0.29, 0.717) is 5.57 Å². The normalized spacial score (nSPS) is 11.9. The summed E-state index contributed by atoms with van der Waals surface area (Å²) in [5.74, 6) is -0.343. The van der Waals surface area contributed by atoms with Gasteiger partial charge in [0.25, 0.3) is 0 Å². The second-order valence-corrected chi connectivity index (χ2v) is 2.69. The molecule has 0 saturated heterocycles. The Labute approximate surface area is 93.3 Å². The van der Waals surface area contributed by atoms with Gasteiger partial charge in [0.05, 0.1) is 11.7 Å². The first-order valence-corrected chi connectivity index (χ1v) is 5.31. The van der Waals surface area contributed by atoms with Gasteiger partial charge in [0, 0.05) is 0 Å². The molecular weight excluding hydrogens is 188 g/mol. The van der Waals surface area contributed by atoms with E-state index in [4.69, 9.17) is 4.74 Å². The second kappa shape index (κ2) is 10.8. The van der Waals surface area contributed by atoms with Crippen molar-refractivity contribution in [2.75, 3.05) is 0 Å². The first-order chi connectivity index (χ1) is 7.15. The summed E-state index contributed by atoms with van der Waals surface area (Å²) in [6.45, 7) is 14.8. The van der Waals surface area contributed by atoms with Gasteiger partial charge in [-0.3, -0.25) is 0 Å². The fourth-order valence-electron chi connectivity index (χ4n) is 0.680. The third-order valence-electron chi connectivity index (χ3n) is 1.64. The van der Waals surface area contributed by atoms with E-state index in [2.05, 4.69) is 13.2 Å². The van der Waals surface area contributed by atoms with Crippen molar-refractivity contribution < 1.29 is 9.53 Å². The van der Waals surface area contributed by atoms with Crippen LogP contribution in [-0.4, -0.2) is 12.1 Å². The smallest absolute Gasteiger partial charge is 0.338 e. The molecule has 0 bridgehead atoms. The molecule has 2 nitrogen and oxygen atoms in total. The molecule has 0 radical (unpaired) electrons. The van der Waals surface area contributed by atoms with Crippen molar-refractivity contribution in [1.82, 2.24) is 0 Å². The van der Waals surface area contributed by atoms with Gasteiger partial charge in [-0.2, -0.15) is 0 Å². The van der Waals surface area contributed by atoms with Crippen LogP contribution in [0, 0.1) is 0 Å². The summed E-state index contributed by atoms with van der Waals surface area (Å²) in [6, 6.07) is 0. The zero-order chi connectivity index (χ0) is 12.3. The number of carbonyl (C=O) groups excluding carboxylic acids is 1. The molecule has 0 heterocycles. The van der Waals surface area contributed by atoms with Gasteiger partial charge in [0.2, 0.25) is 0 Å². The third-order valence-corrected chi connectivity index (χ3v) is 1.64. The molecule has 1 atom stereocenters. The first-order valence-electron chi connectivity index (χ1n) is 5.31. The average Bonchev–Trinajstić information content (AvgIpc) is 2.28. The third kappa shape index (κ3) is 7.74. The monoisotopic (exact) mass is 210 g/mol. The first kappa shape index (κ1) is 16.1. The molecule has 0 N–H and O–H groups in total. The number of ether oxygens (including phenoxy) is 1. The summed E-state index contributed by atoms with van der Waals surface area (Å²) in [5.41, 5.74) is 0.440. The Morgan fingerprint density at radius 2 is 1.93 bits per heavy atom. The molecule has 0 aromatic rings. The van der Waals surface area contributed by atoms with Crippen molar-refractivity contribution in [3.05, 3.63) is 37.0 Å². The predicted octanol–water partition coefficient (Wildman–Crippen LogP) is 3.65. The maximum atomic E-state index is 11.3. The van der Waals surface area contributed by atoms with Crippen LogP contribution in [0.1, 0.15) is 34.1 Å². The summed E-state index contributed by atoms with van der Waals surface area (Å²) >= 11 is 0.